The Morgan fingerprint density at radius 1 is 1.58 bits per heavy atom. The van der Waals surface area contributed by atoms with E-state index in [1.165, 1.54) is 0 Å². The number of nitrogens with two attached hydrogens (primary N) is 1. The van der Waals surface area contributed by atoms with Crippen LogP contribution in [0.25, 0.3) is 0 Å². The zero-order valence-electron chi connectivity index (χ0n) is 6.56. The molecule has 0 aliphatic rings. The summed E-state index contributed by atoms with van der Waals surface area (Å²) >= 11 is 0. The molecule has 0 aliphatic heterocycles. The Balaban J connectivity index is 2.46. The van der Waals surface area contributed by atoms with E-state index in [1.807, 2.05) is 12.1 Å². The van der Waals surface area contributed by atoms with Gasteiger partial charge in [0.25, 0.3) is 6.47 Å². The van der Waals surface area contributed by atoms with Crippen molar-refractivity contribution >= 4 is 12.3 Å². The summed E-state index contributed by atoms with van der Waals surface area (Å²) in [5, 5.41) is 0. The van der Waals surface area contributed by atoms with Crippen LogP contribution in [0.3, 0.4) is 0 Å². The summed E-state index contributed by atoms with van der Waals surface area (Å²) in [5.41, 5.74) is 6.27. The van der Waals surface area contributed by atoms with Crippen molar-refractivity contribution < 1.29 is 9.53 Å². The Labute approximate surface area is 70.4 Å². The lowest BCUT2D eigenvalue weighted by Crippen LogP contribution is -2.00. The van der Waals surface area contributed by atoms with Gasteiger partial charge in [-0.15, -0.1) is 0 Å². The summed E-state index contributed by atoms with van der Waals surface area (Å²) in [5.74, 6) is 0.485. The van der Waals surface area contributed by atoms with Gasteiger partial charge >= 0.3 is 0 Å². The minimum atomic E-state index is 0.347. The molecule has 1 heterocycles. The third-order valence-electron chi connectivity index (χ3n) is 1.37. The highest BCUT2D eigenvalue weighted by Gasteiger charge is 1.94. The molecule has 0 aromatic carbocycles. The van der Waals surface area contributed by atoms with Crippen LogP contribution in [-0.2, 0) is 16.0 Å². The molecule has 0 fully saturated rings. The molecule has 0 bridgehead atoms. The predicted octanol–water partition coefficient (Wildman–Crippen LogP) is 0.379. The third kappa shape index (κ3) is 2.57. The minimum absolute atomic E-state index is 0.347. The van der Waals surface area contributed by atoms with Crippen molar-refractivity contribution in [3.63, 3.8) is 0 Å². The number of hydrogen-bond acceptors (Lipinski definition) is 4. The molecule has 0 radical (unpaired) electrons. The van der Waals surface area contributed by atoms with Crippen molar-refractivity contribution in [3.05, 3.63) is 23.9 Å². The summed E-state index contributed by atoms with van der Waals surface area (Å²) in [7, 11) is 0. The average molecular weight is 166 g/mol. The van der Waals surface area contributed by atoms with Crippen molar-refractivity contribution in [3.8, 4) is 0 Å². The Bertz CT molecular complexity index is 263. The standard InChI is InChI=1S/C8H10N2O2/c9-8-3-1-2-7(10-8)4-5-12-6-11/h1-3,6H,4-5H2,(H2,9,10). The predicted molar refractivity (Wildman–Crippen MR) is 44.4 cm³/mol. The van der Waals surface area contributed by atoms with Crippen LogP contribution in [0.1, 0.15) is 5.69 Å². The summed E-state index contributed by atoms with van der Waals surface area (Å²) in [6.45, 7) is 0.770. The Kier molecular flexibility index (Phi) is 3.07. The topological polar surface area (TPSA) is 65.2 Å². The van der Waals surface area contributed by atoms with E-state index in [0.717, 1.165) is 5.69 Å². The molecule has 0 saturated carbocycles. The first kappa shape index (κ1) is 8.52. The number of ether oxygens (including phenoxy) is 1. The van der Waals surface area contributed by atoms with Gasteiger partial charge in [0.15, 0.2) is 0 Å². The van der Waals surface area contributed by atoms with Gasteiger partial charge in [0.1, 0.15) is 5.82 Å². The lowest BCUT2D eigenvalue weighted by molar-refractivity contribution is -0.128. The molecule has 1 aromatic rings. The summed E-state index contributed by atoms with van der Waals surface area (Å²) in [6.07, 6.45) is 0.601. The van der Waals surface area contributed by atoms with Gasteiger partial charge in [-0.2, -0.15) is 0 Å². The number of aromatic nitrogens is 1. The van der Waals surface area contributed by atoms with E-state index in [4.69, 9.17) is 5.73 Å². The number of carbonyl (C=O) groups is 1. The molecule has 4 nitrogen and oxygen atoms in total. The first-order chi connectivity index (χ1) is 5.83. The fourth-order valence-corrected chi connectivity index (χ4v) is 0.849. The van der Waals surface area contributed by atoms with Crippen LogP contribution in [0, 0.1) is 0 Å². The van der Waals surface area contributed by atoms with Crippen LogP contribution in [0.4, 0.5) is 5.82 Å². The zero-order chi connectivity index (χ0) is 8.81. The van der Waals surface area contributed by atoms with E-state index in [0.29, 0.717) is 25.3 Å². The van der Waals surface area contributed by atoms with E-state index in [2.05, 4.69) is 9.72 Å². The number of nitrogens with zero attached hydrogens (tertiary/aromatic N) is 1. The molecule has 0 spiro atoms. The fourth-order valence-electron chi connectivity index (χ4n) is 0.849. The molecular formula is C8H10N2O2. The molecule has 2 N–H and O–H groups in total. The van der Waals surface area contributed by atoms with Gasteiger partial charge in [0.05, 0.1) is 6.61 Å². The van der Waals surface area contributed by atoms with E-state index in [1.54, 1.807) is 6.07 Å². The van der Waals surface area contributed by atoms with Gasteiger partial charge < -0.3 is 10.5 Å². The number of carbonyl (C=O) groups excluding carboxylic acids is 1. The number of hydrogen-bond donors (Lipinski definition) is 1. The molecule has 0 saturated heterocycles. The molecular weight excluding hydrogens is 156 g/mol. The highest BCUT2D eigenvalue weighted by atomic mass is 16.5. The van der Waals surface area contributed by atoms with Gasteiger partial charge in [-0.1, -0.05) is 6.07 Å². The summed E-state index contributed by atoms with van der Waals surface area (Å²) < 4.78 is 4.52. The quantitative estimate of drug-likeness (QED) is 0.518. The first-order valence-electron chi connectivity index (χ1n) is 3.59. The zero-order valence-corrected chi connectivity index (χ0v) is 6.56. The average Bonchev–Trinajstić information content (AvgIpc) is 2.05. The van der Waals surface area contributed by atoms with Crippen molar-refractivity contribution in [2.24, 2.45) is 0 Å². The molecule has 64 valence electrons. The second-order valence-electron chi connectivity index (χ2n) is 2.27. The lowest BCUT2D eigenvalue weighted by Gasteiger charge is -1.99. The molecule has 0 unspecified atom stereocenters. The van der Waals surface area contributed by atoms with E-state index in [-0.39, 0.29) is 0 Å². The van der Waals surface area contributed by atoms with Crippen LogP contribution in [0.5, 0.6) is 0 Å². The van der Waals surface area contributed by atoms with Gasteiger partial charge in [-0.05, 0) is 12.1 Å². The number of pyridine rings is 1. The molecule has 1 rings (SSSR count). The van der Waals surface area contributed by atoms with Gasteiger partial charge in [0.2, 0.25) is 0 Å². The Morgan fingerprint density at radius 3 is 3.08 bits per heavy atom. The van der Waals surface area contributed by atoms with Crippen LogP contribution in [0.15, 0.2) is 18.2 Å². The van der Waals surface area contributed by atoms with Crippen molar-refractivity contribution in [1.29, 1.82) is 0 Å². The fraction of sp³-hybridized carbons (Fsp3) is 0.250. The summed E-state index contributed by atoms with van der Waals surface area (Å²) in [6, 6.07) is 5.37. The van der Waals surface area contributed by atoms with Crippen LogP contribution < -0.4 is 5.73 Å². The van der Waals surface area contributed by atoms with Gasteiger partial charge in [-0.3, -0.25) is 4.79 Å². The largest absolute Gasteiger partial charge is 0.467 e. The smallest absolute Gasteiger partial charge is 0.293 e. The van der Waals surface area contributed by atoms with Crippen molar-refractivity contribution in [2.75, 3.05) is 12.3 Å². The van der Waals surface area contributed by atoms with Crippen molar-refractivity contribution in [1.82, 2.24) is 4.98 Å². The molecule has 0 amide bonds. The lowest BCUT2D eigenvalue weighted by atomic mass is 10.3. The van der Waals surface area contributed by atoms with E-state index >= 15 is 0 Å². The molecule has 0 aliphatic carbocycles. The second kappa shape index (κ2) is 4.33. The SMILES string of the molecule is Nc1cccc(CCOC=O)n1. The Morgan fingerprint density at radius 2 is 2.42 bits per heavy atom. The van der Waals surface area contributed by atoms with E-state index < -0.39 is 0 Å². The molecule has 12 heavy (non-hydrogen) atoms. The maximum absolute atomic E-state index is 9.79. The molecule has 0 atom stereocenters. The highest BCUT2D eigenvalue weighted by Crippen LogP contribution is 2.00. The highest BCUT2D eigenvalue weighted by molar-refractivity contribution is 5.37. The van der Waals surface area contributed by atoms with Crippen LogP contribution >= 0.6 is 0 Å². The van der Waals surface area contributed by atoms with Crippen molar-refractivity contribution in [2.45, 2.75) is 6.42 Å². The van der Waals surface area contributed by atoms with E-state index in [9.17, 15) is 4.79 Å². The Hall–Kier alpha value is -1.58. The molecule has 4 heteroatoms. The van der Waals surface area contributed by atoms with Gasteiger partial charge in [0, 0.05) is 12.1 Å². The summed E-state index contributed by atoms with van der Waals surface area (Å²) in [4.78, 5) is 13.8. The van der Waals surface area contributed by atoms with Gasteiger partial charge in [-0.25, -0.2) is 4.98 Å². The number of nitrogen functional groups attached to an aromatic ring is 1. The second-order valence-corrected chi connectivity index (χ2v) is 2.27. The number of anilines is 1. The molecule has 1 aromatic heterocycles. The normalized spacial score (nSPS) is 9.33. The third-order valence-corrected chi connectivity index (χ3v) is 1.37. The van der Waals surface area contributed by atoms with Crippen LogP contribution in [0.2, 0.25) is 0 Å². The maximum Gasteiger partial charge on any atom is 0.293 e. The minimum Gasteiger partial charge on any atom is -0.467 e. The monoisotopic (exact) mass is 166 g/mol. The van der Waals surface area contributed by atoms with Crippen LogP contribution in [-0.4, -0.2) is 18.1 Å². The number of rotatable bonds is 4. The maximum atomic E-state index is 9.79. The first-order valence-corrected chi connectivity index (χ1v) is 3.59.